The van der Waals surface area contributed by atoms with Gasteiger partial charge in [0.25, 0.3) is 0 Å². The molecule has 0 aliphatic rings. The van der Waals surface area contributed by atoms with Crippen LogP contribution in [-0.4, -0.2) is 27.8 Å². The van der Waals surface area contributed by atoms with Crippen molar-refractivity contribution in [2.45, 2.75) is 107 Å². The number of carbonyl (C=O) groups excluding carboxylic acids is 2. The topological polar surface area (TPSA) is 64.0 Å². The van der Waals surface area contributed by atoms with Crippen molar-refractivity contribution in [3.63, 3.8) is 0 Å². The molecule has 4 rings (SSSR count). The number of nitrogens with zero attached hydrogens (tertiary/aromatic N) is 2. The van der Waals surface area contributed by atoms with Crippen molar-refractivity contribution in [1.82, 2.24) is 14.9 Å². The molecule has 6 heteroatoms. The lowest BCUT2D eigenvalue weighted by Gasteiger charge is -2.24. The van der Waals surface area contributed by atoms with Crippen LogP contribution >= 0.6 is 0 Å². The molecule has 0 saturated carbocycles. The van der Waals surface area contributed by atoms with Crippen molar-refractivity contribution in [2.75, 3.05) is 0 Å². The predicted octanol–water partition coefficient (Wildman–Crippen LogP) is 9.48. The Hall–Kier alpha value is -3.80. The highest BCUT2D eigenvalue weighted by atomic mass is 19.1. The lowest BCUT2D eigenvalue weighted by molar-refractivity contribution is -0.128. The van der Waals surface area contributed by atoms with E-state index in [4.69, 9.17) is 4.98 Å². The summed E-state index contributed by atoms with van der Waals surface area (Å²) in [6.07, 6.45) is 4.91. The van der Waals surface area contributed by atoms with Gasteiger partial charge in [0.1, 0.15) is 13.0 Å². The maximum atomic E-state index is 14.2. The molecule has 0 radical (unpaired) electrons. The summed E-state index contributed by atoms with van der Waals surface area (Å²) < 4.78 is 16.6. The monoisotopic (exact) mass is 625 g/mol. The lowest BCUT2D eigenvalue weighted by Crippen LogP contribution is -2.41. The van der Waals surface area contributed by atoms with Crippen LogP contribution in [0.2, 0.25) is 0 Å². The van der Waals surface area contributed by atoms with Crippen LogP contribution in [0.1, 0.15) is 97.0 Å². The van der Waals surface area contributed by atoms with Gasteiger partial charge < -0.3 is 14.7 Å². The van der Waals surface area contributed by atoms with Crippen LogP contribution < -0.4 is 5.32 Å². The number of pyridine rings is 1. The summed E-state index contributed by atoms with van der Waals surface area (Å²) in [6, 6.07) is 15.8. The zero-order valence-corrected chi connectivity index (χ0v) is 29.2. The van der Waals surface area contributed by atoms with Crippen molar-refractivity contribution < 1.29 is 14.0 Å². The van der Waals surface area contributed by atoms with Gasteiger partial charge in [-0.1, -0.05) is 80.0 Å². The lowest BCUT2D eigenvalue weighted by atomic mass is 9.81. The number of carbonyl (C=O) groups is 2. The summed E-state index contributed by atoms with van der Waals surface area (Å²) in [5.41, 5.74) is 9.32. The highest BCUT2D eigenvalue weighted by Gasteiger charge is 2.27. The molecular formula is C40H52FN3O2. The van der Waals surface area contributed by atoms with Crippen molar-refractivity contribution in [2.24, 2.45) is 17.3 Å². The Morgan fingerprint density at radius 2 is 1.72 bits per heavy atom. The van der Waals surface area contributed by atoms with Gasteiger partial charge in [-0.25, -0.2) is 4.39 Å². The number of aldehydes is 1. The summed E-state index contributed by atoms with van der Waals surface area (Å²) in [5, 5.41) is 4.08. The molecule has 0 aliphatic carbocycles. The first-order chi connectivity index (χ1) is 21.8. The minimum atomic E-state index is -0.683. The molecular weight excluding hydrogens is 573 g/mol. The molecule has 1 N–H and O–H groups in total. The first kappa shape index (κ1) is 35.1. The third kappa shape index (κ3) is 7.59. The van der Waals surface area contributed by atoms with Crippen molar-refractivity contribution in [1.29, 1.82) is 0 Å². The molecule has 0 aliphatic heterocycles. The van der Waals surface area contributed by atoms with E-state index in [2.05, 4.69) is 75.7 Å². The average molecular weight is 626 g/mol. The number of fused-ring (bicyclic) bond motifs is 1. The third-order valence-electron chi connectivity index (χ3n) is 9.64. The number of aromatic nitrogens is 2. The molecule has 5 nitrogen and oxygen atoms in total. The molecule has 2 aromatic carbocycles. The Kier molecular flexibility index (Phi) is 11.2. The first-order valence-electron chi connectivity index (χ1n) is 16.9. The summed E-state index contributed by atoms with van der Waals surface area (Å²) in [5.74, 6) is 0.0806. The average Bonchev–Trinajstić information content (AvgIpc) is 3.35. The molecule has 46 heavy (non-hydrogen) atoms. The number of alkyl halides is 1. The molecule has 4 aromatic rings. The fourth-order valence-electron chi connectivity index (χ4n) is 6.23. The highest BCUT2D eigenvalue weighted by Crippen LogP contribution is 2.42. The van der Waals surface area contributed by atoms with Gasteiger partial charge in [0.2, 0.25) is 5.91 Å². The van der Waals surface area contributed by atoms with Gasteiger partial charge in [-0.15, -0.1) is 0 Å². The fraction of sp³-hybridized carbons (Fsp3) is 0.475. The minimum absolute atomic E-state index is 0.0838. The van der Waals surface area contributed by atoms with Crippen molar-refractivity contribution in [3.8, 4) is 22.4 Å². The number of aryl methyl sites for hydroxylation is 1. The quantitative estimate of drug-likeness (QED) is 0.142. The van der Waals surface area contributed by atoms with E-state index in [1.807, 2.05) is 45.2 Å². The van der Waals surface area contributed by atoms with Crippen LogP contribution in [0, 0.1) is 17.3 Å². The van der Waals surface area contributed by atoms with Crippen LogP contribution in [0.5, 0.6) is 0 Å². The van der Waals surface area contributed by atoms with E-state index in [1.54, 1.807) is 6.07 Å². The Morgan fingerprint density at radius 3 is 2.33 bits per heavy atom. The van der Waals surface area contributed by atoms with E-state index < -0.39 is 12.7 Å². The van der Waals surface area contributed by atoms with E-state index in [0.717, 1.165) is 48.1 Å². The Labute approximate surface area is 275 Å². The maximum absolute atomic E-state index is 14.2. The molecule has 0 bridgehead atoms. The van der Waals surface area contributed by atoms with Gasteiger partial charge in [-0.05, 0) is 95.2 Å². The second-order valence-electron chi connectivity index (χ2n) is 14.2. The molecule has 0 fully saturated rings. The van der Waals surface area contributed by atoms with Crippen LogP contribution in [0.3, 0.4) is 0 Å². The maximum Gasteiger partial charge on any atom is 0.223 e. The number of benzene rings is 2. The zero-order valence-electron chi connectivity index (χ0n) is 29.2. The highest BCUT2D eigenvalue weighted by molar-refractivity contribution is 5.95. The Morgan fingerprint density at radius 1 is 1.00 bits per heavy atom. The second-order valence-corrected chi connectivity index (χ2v) is 14.2. The van der Waals surface area contributed by atoms with Gasteiger partial charge in [0.15, 0.2) is 0 Å². The fourth-order valence-corrected chi connectivity index (χ4v) is 6.23. The number of amides is 1. The van der Waals surface area contributed by atoms with Crippen molar-refractivity contribution >= 4 is 23.1 Å². The number of nitrogens with one attached hydrogen (secondary N) is 1. The van der Waals surface area contributed by atoms with Gasteiger partial charge in [0.05, 0.1) is 17.4 Å². The van der Waals surface area contributed by atoms with Gasteiger partial charge in [-0.2, -0.15) is 0 Å². The number of halogens is 1. The molecule has 1 amide bonds. The van der Waals surface area contributed by atoms with E-state index in [0.29, 0.717) is 12.0 Å². The van der Waals surface area contributed by atoms with Gasteiger partial charge in [-0.3, -0.25) is 9.78 Å². The first-order valence-corrected chi connectivity index (χ1v) is 16.9. The molecule has 2 atom stereocenters. The minimum Gasteiger partial charge on any atom is -0.346 e. The normalized spacial score (nSPS) is 13.4. The zero-order chi connectivity index (χ0) is 33.8. The number of rotatable bonds is 14. The summed E-state index contributed by atoms with van der Waals surface area (Å²) in [4.78, 5) is 29.5. The van der Waals surface area contributed by atoms with Crippen molar-refractivity contribution in [3.05, 3.63) is 77.1 Å². The molecule has 246 valence electrons. The van der Waals surface area contributed by atoms with Gasteiger partial charge >= 0.3 is 0 Å². The Bertz CT molecular complexity index is 1680. The summed E-state index contributed by atoms with van der Waals surface area (Å²) in [6.45, 7) is 19.5. The van der Waals surface area contributed by atoms with Crippen LogP contribution in [0.25, 0.3) is 33.3 Å². The number of hydrogen-bond acceptors (Lipinski definition) is 3. The van der Waals surface area contributed by atoms with E-state index >= 15 is 0 Å². The van der Waals surface area contributed by atoms with E-state index in [-0.39, 0.29) is 29.1 Å². The molecule has 0 saturated heterocycles. The number of hydrogen-bond donors (Lipinski definition) is 1. The second kappa shape index (κ2) is 14.7. The third-order valence-corrected chi connectivity index (χ3v) is 9.64. The molecule has 0 spiro atoms. The largest absolute Gasteiger partial charge is 0.346 e. The predicted molar refractivity (Wildman–Crippen MR) is 189 cm³/mol. The molecule has 2 aromatic heterocycles. The smallest absolute Gasteiger partial charge is 0.223 e. The Balaban J connectivity index is 1.87. The van der Waals surface area contributed by atoms with Gasteiger partial charge in [0, 0.05) is 35.1 Å². The van der Waals surface area contributed by atoms with Crippen LogP contribution in [0.4, 0.5) is 4.39 Å². The SMILES string of the molecule is CCn1c(-c2cccnc2C(C)C)c(CC(C)(C)CC)c2cc(-c3cc(CF)cc(CC(C=O)NC(=O)C(C)C(C)C)c3)ccc21. The van der Waals surface area contributed by atoms with Crippen LogP contribution in [0.15, 0.2) is 54.7 Å². The van der Waals surface area contributed by atoms with Crippen LogP contribution in [-0.2, 0) is 35.7 Å². The van der Waals surface area contributed by atoms with E-state index in [1.165, 1.54) is 27.7 Å². The molecule has 2 unspecified atom stereocenters. The molecule has 2 heterocycles. The van der Waals surface area contributed by atoms with E-state index in [9.17, 15) is 14.0 Å². The summed E-state index contributed by atoms with van der Waals surface area (Å²) in [7, 11) is 0. The standard InChI is InChI=1S/C40H52FN3O2/c1-10-40(8,9)22-35-34-21-30(14-15-36(34)44(11-2)38(35)33-13-12-16-42-37(33)26(5)6)31-18-28(17-29(19-31)23-41)20-32(24-45)43-39(46)27(7)25(3)4/h12-19,21,24-27,32H,10-11,20,22-23H2,1-9H3,(H,43,46). The summed E-state index contributed by atoms with van der Waals surface area (Å²) >= 11 is 0.